The number of nitrogens with one attached hydrogen (secondary N) is 1. The first-order valence-corrected chi connectivity index (χ1v) is 15.8. The van der Waals surface area contributed by atoms with E-state index in [0.29, 0.717) is 13.0 Å². The van der Waals surface area contributed by atoms with Gasteiger partial charge in [0.25, 0.3) is 0 Å². The maximum atomic E-state index is 12.9. The van der Waals surface area contributed by atoms with Gasteiger partial charge in [0.2, 0.25) is 12.2 Å². The fourth-order valence-electron chi connectivity index (χ4n) is 5.33. The number of hydrogen-bond donors (Lipinski definition) is 1. The summed E-state index contributed by atoms with van der Waals surface area (Å²) in [5, 5.41) is 3.12. The second-order valence-electron chi connectivity index (χ2n) is 11.2. The lowest BCUT2D eigenvalue weighted by Gasteiger charge is -2.11. The molecular formula is C36H48N3O2+. The molecule has 0 fully saturated rings. The van der Waals surface area contributed by atoms with E-state index in [1.807, 2.05) is 60.8 Å². The van der Waals surface area contributed by atoms with E-state index in [-0.39, 0.29) is 5.91 Å². The molecule has 0 aliphatic heterocycles. The lowest BCUT2D eigenvalue weighted by atomic mass is 10.1. The topological polar surface area (TPSA) is 46.6 Å². The number of ether oxygens (including phenoxy) is 1. The summed E-state index contributed by atoms with van der Waals surface area (Å²) in [6.45, 7) is 3.71. The largest absolute Gasteiger partial charge is 0.494 e. The minimum atomic E-state index is -0.0188. The van der Waals surface area contributed by atoms with Crippen LogP contribution in [0.5, 0.6) is 5.75 Å². The number of benzene rings is 2. The van der Waals surface area contributed by atoms with Crippen molar-refractivity contribution in [3.63, 3.8) is 0 Å². The molecule has 41 heavy (non-hydrogen) atoms. The van der Waals surface area contributed by atoms with Crippen LogP contribution in [0.15, 0.2) is 85.5 Å². The summed E-state index contributed by atoms with van der Waals surface area (Å²) in [4.78, 5) is 12.9. The van der Waals surface area contributed by atoms with Gasteiger partial charge in [-0.15, -0.1) is 0 Å². The molecule has 0 unspecified atom stereocenters. The molecule has 2 aromatic carbocycles. The predicted molar refractivity (Wildman–Crippen MR) is 168 cm³/mol. The van der Waals surface area contributed by atoms with Crippen molar-refractivity contribution in [3.05, 3.63) is 96.6 Å². The summed E-state index contributed by atoms with van der Waals surface area (Å²) in [7, 11) is 0. The van der Waals surface area contributed by atoms with E-state index in [9.17, 15) is 4.79 Å². The SMILES string of the molecule is CCCCCCCCCCCCCCOc1ccc(CC(=O)Nc2ccccc2C[n+]2cc3ccccn3c2)cc1. The first-order valence-electron chi connectivity index (χ1n) is 15.8. The zero-order chi connectivity index (χ0) is 28.5. The van der Waals surface area contributed by atoms with Gasteiger partial charge in [-0.25, -0.2) is 8.97 Å². The zero-order valence-electron chi connectivity index (χ0n) is 24.9. The number of nitrogens with zero attached hydrogens (tertiary/aromatic N) is 2. The van der Waals surface area contributed by atoms with Crippen LogP contribution in [0, 0.1) is 0 Å². The van der Waals surface area contributed by atoms with Crippen LogP contribution in [-0.2, 0) is 17.8 Å². The van der Waals surface area contributed by atoms with Crippen molar-refractivity contribution in [2.45, 2.75) is 96.9 Å². The van der Waals surface area contributed by atoms with E-state index < -0.39 is 0 Å². The number of para-hydroxylation sites is 1. The highest BCUT2D eigenvalue weighted by molar-refractivity contribution is 5.93. The Balaban J connectivity index is 1.11. The number of pyridine rings is 1. The van der Waals surface area contributed by atoms with Gasteiger partial charge in [-0.05, 0) is 42.3 Å². The van der Waals surface area contributed by atoms with Gasteiger partial charge in [-0.1, -0.05) is 114 Å². The number of aromatic nitrogens is 2. The first kappa shape index (κ1) is 30.4. The van der Waals surface area contributed by atoms with Crippen molar-refractivity contribution in [1.82, 2.24) is 4.40 Å². The smallest absolute Gasteiger partial charge is 0.249 e. The Hall–Kier alpha value is -3.60. The molecule has 5 heteroatoms. The average Bonchev–Trinajstić information content (AvgIpc) is 3.40. The molecule has 1 amide bonds. The Bertz CT molecular complexity index is 1280. The molecule has 2 heterocycles. The molecule has 218 valence electrons. The van der Waals surface area contributed by atoms with Crippen LogP contribution in [0.4, 0.5) is 5.69 Å². The molecule has 0 aliphatic carbocycles. The third-order valence-corrected chi connectivity index (χ3v) is 7.69. The van der Waals surface area contributed by atoms with Crippen LogP contribution >= 0.6 is 0 Å². The van der Waals surface area contributed by atoms with Gasteiger partial charge in [-0.2, -0.15) is 0 Å². The lowest BCUT2D eigenvalue weighted by Crippen LogP contribution is -2.32. The van der Waals surface area contributed by atoms with Gasteiger partial charge in [-0.3, -0.25) is 4.79 Å². The number of carbonyl (C=O) groups is 1. The summed E-state index contributed by atoms with van der Waals surface area (Å²) in [6, 6.07) is 22.1. The second kappa shape index (κ2) is 17.3. The zero-order valence-corrected chi connectivity index (χ0v) is 24.9. The number of unbranched alkanes of at least 4 members (excludes halogenated alkanes) is 11. The number of hydrogen-bond acceptors (Lipinski definition) is 2. The van der Waals surface area contributed by atoms with E-state index in [1.165, 1.54) is 70.6 Å². The van der Waals surface area contributed by atoms with Crippen LogP contribution in [0.1, 0.15) is 95.1 Å². The number of fused-ring (bicyclic) bond motifs is 1. The minimum Gasteiger partial charge on any atom is -0.494 e. The summed E-state index contributed by atoms with van der Waals surface area (Å²) in [6.07, 6.45) is 22.7. The molecule has 0 radical (unpaired) electrons. The third-order valence-electron chi connectivity index (χ3n) is 7.69. The predicted octanol–water partition coefficient (Wildman–Crippen LogP) is 8.54. The Labute approximate surface area is 246 Å². The molecule has 2 aromatic heterocycles. The van der Waals surface area contributed by atoms with E-state index in [2.05, 4.69) is 45.9 Å². The maximum absolute atomic E-state index is 12.9. The second-order valence-corrected chi connectivity index (χ2v) is 11.2. The molecule has 4 rings (SSSR count). The highest BCUT2D eigenvalue weighted by Crippen LogP contribution is 2.18. The maximum Gasteiger partial charge on any atom is 0.249 e. The summed E-state index contributed by atoms with van der Waals surface area (Å²) >= 11 is 0. The Morgan fingerprint density at radius 3 is 2.15 bits per heavy atom. The molecule has 0 aliphatic rings. The van der Waals surface area contributed by atoms with Crippen molar-refractivity contribution in [2.24, 2.45) is 0 Å². The van der Waals surface area contributed by atoms with Crippen molar-refractivity contribution in [2.75, 3.05) is 11.9 Å². The lowest BCUT2D eigenvalue weighted by molar-refractivity contribution is -0.686. The van der Waals surface area contributed by atoms with Gasteiger partial charge in [0.1, 0.15) is 18.5 Å². The number of carbonyl (C=O) groups excluding carboxylic acids is 1. The Morgan fingerprint density at radius 2 is 1.44 bits per heavy atom. The van der Waals surface area contributed by atoms with Crippen LogP contribution in [0.2, 0.25) is 0 Å². The monoisotopic (exact) mass is 554 g/mol. The van der Waals surface area contributed by atoms with E-state index in [0.717, 1.165) is 41.1 Å². The fourth-order valence-corrected chi connectivity index (χ4v) is 5.33. The number of anilines is 1. The molecule has 0 spiro atoms. The van der Waals surface area contributed by atoms with Crippen molar-refractivity contribution < 1.29 is 14.1 Å². The number of imidazole rings is 1. The molecule has 5 nitrogen and oxygen atoms in total. The summed E-state index contributed by atoms with van der Waals surface area (Å²) < 4.78 is 10.2. The van der Waals surface area contributed by atoms with Crippen molar-refractivity contribution in [1.29, 1.82) is 0 Å². The van der Waals surface area contributed by atoms with Gasteiger partial charge < -0.3 is 10.1 Å². The standard InChI is InChI=1S/C36H47N3O2/c1-2-3-4-5-6-7-8-9-10-11-12-17-26-41-34-23-21-31(22-24-34)27-36(40)37-35-20-14-13-18-32(35)28-38-29-33-19-15-16-25-39(33)30-38/h13-16,18-25,29-30H,2-12,17,26-28H2,1H3/p+1. The van der Waals surface area contributed by atoms with Gasteiger partial charge in [0, 0.05) is 11.3 Å². The summed E-state index contributed by atoms with van der Waals surface area (Å²) in [5.41, 5.74) is 4.03. The molecular weight excluding hydrogens is 506 g/mol. The third kappa shape index (κ3) is 10.7. The normalized spacial score (nSPS) is 11.1. The summed E-state index contributed by atoms with van der Waals surface area (Å²) in [5.74, 6) is 0.856. The van der Waals surface area contributed by atoms with E-state index >= 15 is 0 Å². The quantitative estimate of drug-likeness (QED) is 0.0932. The number of amides is 1. The molecule has 4 aromatic rings. The van der Waals surface area contributed by atoms with Crippen LogP contribution in [0.25, 0.3) is 5.52 Å². The highest BCUT2D eigenvalue weighted by atomic mass is 16.5. The van der Waals surface area contributed by atoms with Crippen molar-refractivity contribution in [3.8, 4) is 5.75 Å². The minimum absolute atomic E-state index is 0.0188. The molecule has 0 bridgehead atoms. The molecule has 1 N–H and O–H groups in total. The molecule has 0 saturated carbocycles. The van der Waals surface area contributed by atoms with Crippen LogP contribution in [-0.4, -0.2) is 16.9 Å². The van der Waals surface area contributed by atoms with Crippen molar-refractivity contribution >= 4 is 17.1 Å². The van der Waals surface area contributed by atoms with E-state index in [4.69, 9.17) is 4.74 Å². The Morgan fingerprint density at radius 1 is 0.780 bits per heavy atom. The van der Waals surface area contributed by atoms with Gasteiger partial charge in [0.15, 0.2) is 5.52 Å². The number of rotatable bonds is 19. The molecule has 0 saturated heterocycles. The van der Waals surface area contributed by atoms with Gasteiger partial charge >= 0.3 is 0 Å². The van der Waals surface area contributed by atoms with Crippen LogP contribution < -0.4 is 14.6 Å². The first-order chi connectivity index (χ1) is 20.2. The highest BCUT2D eigenvalue weighted by Gasteiger charge is 2.12. The average molecular weight is 555 g/mol. The van der Waals surface area contributed by atoms with Gasteiger partial charge in [0.05, 0.1) is 19.2 Å². The fraction of sp³-hybridized carbons (Fsp3) is 0.444. The van der Waals surface area contributed by atoms with E-state index in [1.54, 1.807) is 0 Å². The van der Waals surface area contributed by atoms with Crippen LogP contribution in [0.3, 0.4) is 0 Å². The Kier molecular flexibility index (Phi) is 12.8. The molecule has 0 atom stereocenters.